The normalized spacial score (nSPS) is 14.9. The van der Waals surface area contributed by atoms with Crippen LogP contribution in [0.15, 0.2) is 10.7 Å². The summed E-state index contributed by atoms with van der Waals surface area (Å²) in [7, 11) is 0. The summed E-state index contributed by atoms with van der Waals surface area (Å²) in [6, 6.07) is 1.84. The van der Waals surface area contributed by atoms with Crippen LogP contribution < -0.4 is 5.32 Å². The molecule has 1 heterocycles. The summed E-state index contributed by atoms with van der Waals surface area (Å²) in [4.78, 5) is 8.70. The molecule has 1 aliphatic carbocycles. The summed E-state index contributed by atoms with van der Waals surface area (Å²) < 4.78 is 0.814. The first-order valence-electron chi connectivity index (χ1n) is 4.51. The SMILES string of the molecule is C#CCNc1cc(Br)nc(C2CC2)n1. The minimum Gasteiger partial charge on any atom is -0.359 e. The molecule has 0 bridgehead atoms. The molecule has 0 amide bonds. The Morgan fingerprint density at radius 2 is 2.36 bits per heavy atom. The van der Waals surface area contributed by atoms with Crippen LogP contribution in [0.25, 0.3) is 0 Å². The number of terminal acetylenes is 1. The van der Waals surface area contributed by atoms with Gasteiger partial charge in [0.15, 0.2) is 0 Å². The predicted octanol–water partition coefficient (Wildman–Crippen LogP) is 2.16. The fourth-order valence-electron chi connectivity index (χ4n) is 1.19. The topological polar surface area (TPSA) is 37.8 Å². The van der Waals surface area contributed by atoms with Gasteiger partial charge in [0.1, 0.15) is 16.2 Å². The van der Waals surface area contributed by atoms with E-state index in [1.54, 1.807) is 0 Å². The van der Waals surface area contributed by atoms with E-state index in [-0.39, 0.29) is 0 Å². The van der Waals surface area contributed by atoms with Crippen molar-refractivity contribution in [2.75, 3.05) is 11.9 Å². The van der Waals surface area contributed by atoms with Crippen molar-refractivity contribution in [2.24, 2.45) is 0 Å². The Morgan fingerprint density at radius 3 is 3.00 bits per heavy atom. The molecule has 1 fully saturated rings. The molecule has 0 spiro atoms. The van der Waals surface area contributed by atoms with Gasteiger partial charge in [-0.25, -0.2) is 9.97 Å². The van der Waals surface area contributed by atoms with Gasteiger partial charge < -0.3 is 5.32 Å². The Balaban J connectivity index is 2.18. The molecular formula is C10H10BrN3. The number of rotatable bonds is 3. The van der Waals surface area contributed by atoms with Crippen molar-refractivity contribution in [3.8, 4) is 12.3 Å². The summed E-state index contributed by atoms with van der Waals surface area (Å²) in [5, 5.41) is 3.04. The van der Waals surface area contributed by atoms with Gasteiger partial charge in [-0.3, -0.25) is 0 Å². The number of nitrogens with zero attached hydrogens (tertiary/aromatic N) is 2. The minimum atomic E-state index is 0.494. The van der Waals surface area contributed by atoms with Crippen LogP contribution in [0, 0.1) is 12.3 Å². The van der Waals surface area contributed by atoms with Crippen molar-refractivity contribution >= 4 is 21.7 Å². The van der Waals surface area contributed by atoms with Gasteiger partial charge in [-0.2, -0.15) is 0 Å². The van der Waals surface area contributed by atoms with Gasteiger partial charge in [0.25, 0.3) is 0 Å². The molecule has 0 aromatic carbocycles. The van der Waals surface area contributed by atoms with Gasteiger partial charge >= 0.3 is 0 Å². The minimum absolute atomic E-state index is 0.494. The third-order valence-electron chi connectivity index (χ3n) is 2.03. The number of anilines is 1. The van der Waals surface area contributed by atoms with Crippen LogP contribution in [-0.4, -0.2) is 16.5 Å². The molecular weight excluding hydrogens is 242 g/mol. The van der Waals surface area contributed by atoms with Crippen LogP contribution >= 0.6 is 15.9 Å². The molecule has 14 heavy (non-hydrogen) atoms. The van der Waals surface area contributed by atoms with Crippen LogP contribution in [0.5, 0.6) is 0 Å². The summed E-state index contributed by atoms with van der Waals surface area (Å²) >= 11 is 3.36. The Morgan fingerprint density at radius 1 is 1.57 bits per heavy atom. The van der Waals surface area contributed by atoms with Crippen molar-refractivity contribution in [1.29, 1.82) is 0 Å². The molecule has 2 rings (SSSR count). The van der Waals surface area contributed by atoms with Crippen LogP contribution in [-0.2, 0) is 0 Å². The van der Waals surface area contributed by atoms with Crippen LogP contribution in [0.2, 0.25) is 0 Å². The predicted molar refractivity (Wildman–Crippen MR) is 59.0 cm³/mol. The molecule has 0 unspecified atom stereocenters. The summed E-state index contributed by atoms with van der Waals surface area (Å²) in [6.45, 7) is 0.494. The number of hydrogen-bond acceptors (Lipinski definition) is 3. The molecule has 0 atom stereocenters. The van der Waals surface area contributed by atoms with E-state index in [1.807, 2.05) is 6.07 Å². The molecule has 0 aliphatic heterocycles. The third-order valence-corrected chi connectivity index (χ3v) is 2.43. The Bertz CT molecular complexity index is 379. The van der Waals surface area contributed by atoms with Crippen LogP contribution in [0.3, 0.4) is 0 Å². The number of aromatic nitrogens is 2. The molecule has 1 aliphatic rings. The second-order valence-corrected chi connectivity index (χ2v) is 4.08. The van der Waals surface area contributed by atoms with Gasteiger partial charge in [-0.15, -0.1) is 6.42 Å². The molecule has 1 aromatic heterocycles. The summed E-state index contributed by atoms with van der Waals surface area (Å²) in [5.74, 6) is 4.78. The molecule has 1 aromatic rings. The maximum atomic E-state index is 5.16. The number of nitrogens with one attached hydrogen (secondary N) is 1. The Hall–Kier alpha value is -1.08. The van der Waals surface area contributed by atoms with E-state index in [4.69, 9.17) is 6.42 Å². The molecule has 72 valence electrons. The first-order chi connectivity index (χ1) is 6.79. The average molecular weight is 252 g/mol. The van der Waals surface area contributed by atoms with Gasteiger partial charge in [-0.1, -0.05) is 5.92 Å². The third kappa shape index (κ3) is 2.24. The van der Waals surface area contributed by atoms with E-state index >= 15 is 0 Å². The van der Waals surface area contributed by atoms with Gasteiger partial charge in [0, 0.05) is 12.0 Å². The zero-order valence-corrected chi connectivity index (χ0v) is 9.21. The Kier molecular flexibility index (Phi) is 2.69. The first kappa shape index (κ1) is 9.47. The lowest BCUT2D eigenvalue weighted by Crippen LogP contribution is -2.03. The van der Waals surface area contributed by atoms with Crippen molar-refractivity contribution in [2.45, 2.75) is 18.8 Å². The molecule has 0 saturated heterocycles. The molecule has 1 N–H and O–H groups in total. The van der Waals surface area contributed by atoms with E-state index in [1.165, 1.54) is 12.8 Å². The lowest BCUT2D eigenvalue weighted by Gasteiger charge is -2.04. The lowest BCUT2D eigenvalue weighted by atomic mass is 10.4. The zero-order chi connectivity index (χ0) is 9.97. The van der Waals surface area contributed by atoms with Crippen LogP contribution in [0.4, 0.5) is 5.82 Å². The fourth-order valence-corrected chi connectivity index (χ4v) is 1.59. The summed E-state index contributed by atoms with van der Waals surface area (Å²) in [5.41, 5.74) is 0. The monoisotopic (exact) mass is 251 g/mol. The van der Waals surface area contributed by atoms with E-state index in [9.17, 15) is 0 Å². The molecule has 3 nitrogen and oxygen atoms in total. The Labute approximate surface area is 91.5 Å². The standard InChI is InChI=1S/C10H10BrN3/c1-2-5-12-9-6-8(11)13-10(14-9)7-3-4-7/h1,6-7H,3-5H2,(H,12,13,14). The zero-order valence-electron chi connectivity index (χ0n) is 7.63. The average Bonchev–Trinajstić information content (AvgIpc) is 2.97. The quantitative estimate of drug-likeness (QED) is 0.661. The van der Waals surface area contributed by atoms with Crippen molar-refractivity contribution in [1.82, 2.24) is 9.97 Å². The fraction of sp³-hybridized carbons (Fsp3) is 0.400. The lowest BCUT2D eigenvalue weighted by molar-refractivity contribution is 0.916. The highest BCUT2D eigenvalue weighted by Gasteiger charge is 2.27. The van der Waals surface area contributed by atoms with Crippen molar-refractivity contribution in [3.05, 3.63) is 16.5 Å². The van der Waals surface area contributed by atoms with Gasteiger partial charge in [0.05, 0.1) is 6.54 Å². The van der Waals surface area contributed by atoms with E-state index in [0.29, 0.717) is 12.5 Å². The molecule has 0 radical (unpaired) electrons. The van der Waals surface area contributed by atoms with Crippen LogP contribution in [0.1, 0.15) is 24.6 Å². The number of halogens is 1. The molecule has 1 saturated carbocycles. The van der Waals surface area contributed by atoms with Gasteiger partial charge in [0.2, 0.25) is 0 Å². The summed E-state index contributed by atoms with van der Waals surface area (Å²) in [6.07, 6.45) is 7.56. The maximum Gasteiger partial charge on any atom is 0.135 e. The largest absolute Gasteiger partial charge is 0.359 e. The van der Waals surface area contributed by atoms with E-state index < -0.39 is 0 Å². The van der Waals surface area contributed by atoms with Gasteiger partial charge in [-0.05, 0) is 28.8 Å². The van der Waals surface area contributed by atoms with Crippen molar-refractivity contribution in [3.63, 3.8) is 0 Å². The van der Waals surface area contributed by atoms with E-state index in [0.717, 1.165) is 16.2 Å². The highest BCUT2D eigenvalue weighted by Crippen LogP contribution is 2.38. The highest BCUT2D eigenvalue weighted by atomic mass is 79.9. The smallest absolute Gasteiger partial charge is 0.135 e. The maximum absolute atomic E-state index is 5.16. The van der Waals surface area contributed by atoms with Crippen molar-refractivity contribution < 1.29 is 0 Å². The number of hydrogen-bond donors (Lipinski definition) is 1. The van der Waals surface area contributed by atoms with E-state index in [2.05, 4.69) is 37.1 Å². The molecule has 4 heteroatoms. The second-order valence-electron chi connectivity index (χ2n) is 3.27. The second kappa shape index (κ2) is 3.97. The first-order valence-corrected chi connectivity index (χ1v) is 5.30. The highest BCUT2D eigenvalue weighted by molar-refractivity contribution is 9.10.